The van der Waals surface area contributed by atoms with Crippen molar-refractivity contribution >= 4 is 51.9 Å². The molecule has 0 fully saturated rings. The van der Waals surface area contributed by atoms with Crippen LogP contribution in [0.25, 0.3) is 11.0 Å². The first-order chi connectivity index (χ1) is 5.27. The summed E-state index contributed by atoms with van der Waals surface area (Å²) in [5.74, 6) is 0. The average Bonchev–Trinajstić information content (AvgIpc) is 2.36. The van der Waals surface area contributed by atoms with E-state index in [1.165, 1.54) is 11.7 Å². The number of aromatic nitrogens is 2. The molecule has 0 amide bonds. The molecule has 0 bridgehead atoms. The van der Waals surface area contributed by atoms with E-state index in [9.17, 15) is 0 Å². The highest BCUT2D eigenvalue weighted by molar-refractivity contribution is 7.35. The predicted molar refractivity (Wildman–Crippen MR) is 56.1 cm³/mol. The van der Waals surface area contributed by atoms with E-state index in [1.807, 2.05) is 12.1 Å². The Morgan fingerprint density at radius 1 is 1.00 bits per heavy atom. The van der Waals surface area contributed by atoms with Gasteiger partial charge >= 0.3 is 0 Å². The Bertz CT molecular complexity index is 362. The number of nitrogens with zero attached hydrogens (tertiary/aromatic N) is 2. The van der Waals surface area contributed by atoms with Crippen LogP contribution in [-0.2, 0) is 0 Å². The fraction of sp³-hybridized carbons (Fsp3) is 0. The third-order valence-corrected chi connectivity index (χ3v) is 3.35. The monoisotopic (exact) mass is 200 g/mol. The molecule has 2 aromatic rings. The van der Waals surface area contributed by atoms with Crippen molar-refractivity contribution in [1.82, 2.24) is 8.75 Å². The van der Waals surface area contributed by atoms with E-state index < -0.39 is 0 Å². The Hall–Kier alpha value is -0.100. The van der Waals surface area contributed by atoms with E-state index >= 15 is 0 Å². The lowest BCUT2D eigenvalue weighted by Gasteiger charge is -1.95. The molecule has 0 aliphatic rings. The number of hydrogen-bond acceptors (Lipinski definition) is 3. The molecule has 0 aliphatic heterocycles. The average molecular weight is 200 g/mol. The highest BCUT2D eigenvalue weighted by Gasteiger charge is 2.00. The van der Waals surface area contributed by atoms with Crippen LogP contribution in [0.1, 0.15) is 0 Å². The maximum atomic E-state index is 4.13. The summed E-state index contributed by atoms with van der Waals surface area (Å²) in [7, 11) is 5.34. The molecule has 2 rings (SSSR count). The van der Waals surface area contributed by atoms with Crippen molar-refractivity contribution in [1.29, 1.82) is 0 Å². The summed E-state index contributed by atoms with van der Waals surface area (Å²) in [5, 5.41) is 2.32. The largest absolute Gasteiger partial charge is 0.173 e. The summed E-state index contributed by atoms with van der Waals surface area (Å²) in [6.07, 6.45) is 0. The zero-order chi connectivity index (χ0) is 7.84. The number of fused-ring (bicyclic) bond motifs is 1. The van der Waals surface area contributed by atoms with Gasteiger partial charge in [-0.25, -0.2) is 0 Å². The van der Waals surface area contributed by atoms with Gasteiger partial charge < -0.3 is 0 Å². The molecule has 0 aliphatic carbocycles. The van der Waals surface area contributed by atoms with E-state index in [-0.39, 0.29) is 0 Å². The molecule has 0 saturated carbocycles. The van der Waals surface area contributed by atoms with Gasteiger partial charge in [-0.2, -0.15) is 8.75 Å². The van der Waals surface area contributed by atoms with Crippen LogP contribution in [0.5, 0.6) is 0 Å². The van der Waals surface area contributed by atoms with E-state index in [0.717, 1.165) is 21.6 Å². The fourth-order valence-electron chi connectivity index (χ4n) is 0.864. The maximum absolute atomic E-state index is 4.13. The highest BCUT2D eigenvalue weighted by atomic mass is 32.1. The Morgan fingerprint density at radius 2 is 1.45 bits per heavy atom. The van der Waals surface area contributed by atoms with Gasteiger partial charge in [0, 0.05) is 0 Å². The first-order valence-corrected chi connectivity index (χ1v) is 4.93. The Morgan fingerprint density at radius 3 is 1.91 bits per heavy atom. The summed E-state index contributed by atoms with van der Waals surface area (Å²) in [6, 6.07) is 4.04. The number of hydrogen-bond donors (Lipinski definition) is 0. The van der Waals surface area contributed by atoms with Gasteiger partial charge in [-0.05, 0) is 22.7 Å². The topological polar surface area (TPSA) is 25.8 Å². The summed E-state index contributed by atoms with van der Waals surface area (Å²) < 4.78 is 8.26. The van der Waals surface area contributed by atoms with Crippen molar-refractivity contribution in [3.05, 3.63) is 12.1 Å². The zero-order valence-corrected chi connectivity index (χ0v) is 8.74. The van der Waals surface area contributed by atoms with Crippen LogP contribution in [0.3, 0.4) is 0 Å². The highest BCUT2D eigenvalue weighted by Crippen LogP contribution is 2.09. The summed E-state index contributed by atoms with van der Waals surface area (Å²) >= 11 is 1.25. The van der Waals surface area contributed by atoms with Crippen molar-refractivity contribution in [3.8, 4) is 0 Å². The van der Waals surface area contributed by atoms with Crippen molar-refractivity contribution in [2.45, 2.75) is 0 Å². The van der Waals surface area contributed by atoms with Crippen LogP contribution >= 0.6 is 30.2 Å². The summed E-state index contributed by atoms with van der Waals surface area (Å²) in [4.78, 5) is 0. The first kappa shape index (κ1) is 7.54. The van der Waals surface area contributed by atoms with Gasteiger partial charge in [0.15, 0.2) is 0 Å². The van der Waals surface area contributed by atoms with E-state index in [0.29, 0.717) is 0 Å². The quantitative estimate of drug-likeness (QED) is 0.585. The number of benzene rings is 1. The third kappa shape index (κ3) is 1.29. The second-order valence-electron chi connectivity index (χ2n) is 2.23. The minimum absolute atomic E-state index is 0.978. The molecular formula is C6H6N2P2S. The Labute approximate surface area is 73.1 Å². The van der Waals surface area contributed by atoms with E-state index in [2.05, 4.69) is 27.2 Å². The summed E-state index contributed by atoms with van der Waals surface area (Å²) in [5.41, 5.74) is 1.96. The van der Waals surface area contributed by atoms with E-state index in [1.54, 1.807) is 0 Å². The normalized spacial score (nSPS) is 10.7. The van der Waals surface area contributed by atoms with Gasteiger partial charge in [-0.15, -0.1) is 18.5 Å². The molecular weight excluding hydrogens is 194 g/mol. The molecule has 2 atom stereocenters. The molecule has 0 radical (unpaired) electrons. The van der Waals surface area contributed by atoms with Gasteiger partial charge in [-0.1, -0.05) is 0 Å². The standard InChI is InChI=1S/C6H6N2P2S/c9-5-1-3-4(2-6(5)10)8-11-7-3/h1-2H,9-10H2. The van der Waals surface area contributed by atoms with Crippen LogP contribution in [0.2, 0.25) is 0 Å². The molecule has 56 valence electrons. The van der Waals surface area contributed by atoms with Crippen molar-refractivity contribution in [2.24, 2.45) is 0 Å². The molecule has 2 nitrogen and oxygen atoms in total. The molecule has 5 heteroatoms. The fourth-order valence-corrected chi connectivity index (χ4v) is 1.86. The van der Waals surface area contributed by atoms with Crippen LogP contribution in [0.4, 0.5) is 0 Å². The van der Waals surface area contributed by atoms with Crippen molar-refractivity contribution in [2.75, 3.05) is 0 Å². The Balaban J connectivity index is 2.86. The lowest BCUT2D eigenvalue weighted by atomic mass is 10.3. The van der Waals surface area contributed by atoms with Gasteiger partial charge in [-0.3, -0.25) is 0 Å². The van der Waals surface area contributed by atoms with Crippen molar-refractivity contribution < 1.29 is 0 Å². The zero-order valence-electron chi connectivity index (χ0n) is 5.61. The molecule has 0 spiro atoms. The Kier molecular flexibility index (Phi) is 1.88. The predicted octanol–water partition coefficient (Wildman–Crippen LogP) is 0.692. The van der Waals surface area contributed by atoms with Crippen LogP contribution in [0.15, 0.2) is 12.1 Å². The first-order valence-electron chi connectivity index (χ1n) is 3.04. The van der Waals surface area contributed by atoms with E-state index in [4.69, 9.17) is 0 Å². The van der Waals surface area contributed by atoms with Gasteiger partial charge in [0.25, 0.3) is 0 Å². The van der Waals surface area contributed by atoms with Gasteiger partial charge in [0.1, 0.15) is 11.0 Å². The second-order valence-corrected chi connectivity index (χ2v) is 4.01. The minimum atomic E-state index is 0.978. The van der Waals surface area contributed by atoms with Gasteiger partial charge in [0.2, 0.25) is 0 Å². The lowest BCUT2D eigenvalue weighted by Crippen LogP contribution is -2.09. The SMILES string of the molecule is Pc1cc2nsnc2cc1P. The minimum Gasteiger partial charge on any atom is -0.173 e. The molecule has 1 heterocycles. The lowest BCUT2D eigenvalue weighted by molar-refractivity contribution is 1.68. The summed E-state index contributed by atoms with van der Waals surface area (Å²) in [6.45, 7) is 0. The smallest absolute Gasteiger partial charge is 0.105 e. The van der Waals surface area contributed by atoms with Crippen LogP contribution < -0.4 is 10.6 Å². The molecule has 0 saturated heterocycles. The van der Waals surface area contributed by atoms with Crippen molar-refractivity contribution in [3.63, 3.8) is 0 Å². The molecule has 1 aromatic carbocycles. The second kappa shape index (κ2) is 2.75. The van der Waals surface area contributed by atoms with Gasteiger partial charge in [0.05, 0.1) is 11.7 Å². The number of rotatable bonds is 0. The molecule has 1 aromatic heterocycles. The molecule has 0 N–H and O–H groups in total. The van der Waals surface area contributed by atoms with Crippen LogP contribution in [-0.4, -0.2) is 8.75 Å². The molecule has 11 heavy (non-hydrogen) atoms. The maximum Gasteiger partial charge on any atom is 0.105 e. The third-order valence-electron chi connectivity index (χ3n) is 1.46. The molecule has 2 unspecified atom stereocenters. The van der Waals surface area contributed by atoms with Crippen LogP contribution in [0, 0.1) is 0 Å².